The highest BCUT2D eigenvalue weighted by Crippen LogP contribution is 2.30. The lowest BCUT2D eigenvalue weighted by molar-refractivity contribution is 0.346. The summed E-state index contributed by atoms with van der Waals surface area (Å²) in [7, 11) is -3.51. The minimum atomic E-state index is -3.51. The van der Waals surface area contributed by atoms with Gasteiger partial charge in [0.25, 0.3) is 0 Å². The Balaban J connectivity index is 1.54. The molecule has 164 valence electrons. The topological polar surface area (TPSA) is 101 Å². The van der Waals surface area contributed by atoms with Crippen LogP contribution < -0.4 is 5.63 Å². The molecule has 0 aliphatic carbocycles. The number of piperidine rings is 1. The average Bonchev–Trinajstić information content (AvgIpc) is 2.78. The van der Waals surface area contributed by atoms with Gasteiger partial charge in [0.2, 0.25) is 10.0 Å². The number of rotatable bonds is 6. The van der Waals surface area contributed by atoms with Crippen LogP contribution in [0.25, 0.3) is 11.0 Å². The molecular formula is C22H24N2O5S2. The molecule has 1 aromatic carbocycles. The zero-order valence-electron chi connectivity index (χ0n) is 17.2. The fourth-order valence-electron chi connectivity index (χ4n) is 3.72. The largest absolute Gasteiger partial charge is 0.508 e. The number of hydrogen-bond donors (Lipinski definition) is 1. The van der Waals surface area contributed by atoms with Gasteiger partial charge in [-0.05, 0) is 48.6 Å². The summed E-state index contributed by atoms with van der Waals surface area (Å²) in [5.41, 5.74) is 1.41. The van der Waals surface area contributed by atoms with E-state index in [0.717, 1.165) is 35.8 Å². The van der Waals surface area contributed by atoms with E-state index < -0.39 is 15.6 Å². The van der Waals surface area contributed by atoms with Gasteiger partial charge in [-0.3, -0.25) is 0 Å². The molecule has 31 heavy (non-hydrogen) atoms. The van der Waals surface area contributed by atoms with Crippen molar-refractivity contribution >= 4 is 32.8 Å². The number of aromatic nitrogens is 1. The minimum absolute atomic E-state index is 0.107. The predicted octanol–water partition coefficient (Wildman–Crippen LogP) is 3.92. The predicted molar refractivity (Wildman–Crippen MR) is 120 cm³/mol. The van der Waals surface area contributed by atoms with Crippen LogP contribution in [0, 0.1) is 0 Å². The quantitative estimate of drug-likeness (QED) is 0.439. The van der Waals surface area contributed by atoms with Gasteiger partial charge in [0.05, 0.1) is 5.03 Å². The van der Waals surface area contributed by atoms with E-state index in [9.17, 15) is 18.3 Å². The summed E-state index contributed by atoms with van der Waals surface area (Å²) >= 11 is 1.41. The fourth-order valence-corrected chi connectivity index (χ4v) is 6.02. The van der Waals surface area contributed by atoms with Crippen molar-refractivity contribution in [2.75, 3.05) is 13.1 Å². The SMILES string of the molecule is CCc1cc2c(CSc3ccc(S(=O)(=O)N4CCCCC4)cn3)cc(=O)oc2cc1O. The minimum Gasteiger partial charge on any atom is -0.508 e. The highest BCUT2D eigenvalue weighted by atomic mass is 32.2. The van der Waals surface area contributed by atoms with Crippen LogP contribution in [0.3, 0.4) is 0 Å². The number of benzene rings is 1. The fraction of sp³-hybridized carbons (Fsp3) is 0.364. The van der Waals surface area contributed by atoms with Crippen molar-refractivity contribution in [1.82, 2.24) is 9.29 Å². The second-order valence-electron chi connectivity index (χ2n) is 7.51. The molecule has 3 heterocycles. The number of phenolic OH excluding ortho intramolecular Hbond substituents is 1. The number of aryl methyl sites for hydroxylation is 1. The van der Waals surface area contributed by atoms with E-state index in [1.807, 2.05) is 13.0 Å². The van der Waals surface area contributed by atoms with Gasteiger partial charge >= 0.3 is 5.63 Å². The Labute approximate surface area is 185 Å². The van der Waals surface area contributed by atoms with Crippen molar-refractivity contribution in [3.05, 3.63) is 58.1 Å². The molecule has 0 saturated carbocycles. The van der Waals surface area contributed by atoms with Crippen LogP contribution in [0.1, 0.15) is 37.3 Å². The number of hydrogen-bond acceptors (Lipinski definition) is 7. The van der Waals surface area contributed by atoms with Crippen LogP contribution in [-0.4, -0.2) is 35.9 Å². The van der Waals surface area contributed by atoms with Crippen molar-refractivity contribution in [3.63, 3.8) is 0 Å². The lowest BCUT2D eigenvalue weighted by Crippen LogP contribution is -2.35. The smallest absolute Gasteiger partial charge is 0.336 e. The summed E-state index contributed by atoms with van der Waals surface area (Å²) in [6, 6.07) is 8.04. The molecule has 1 saturated heterocycles. The third-order valence-electron chi connectivity index (χ3n) is 5.45. The van der Waals surface area contributed by atoms with E-state index in [1.54, 1.807) is 12.1 Å². The van der Waals surface area contributed by atoms with E-state index >= 15 is 0 Å². The molecule has 0 amide bonds. The van der Waals surface area contributed by atoms with Gasteiger partial charge in [-0.25, -0.2) is 18.2 Å². The first kappa shape index (κ1) is 21.9. The maximum atomic E-state index is 12.8. The summed E-state index contributed by atoms with van der Waals surface area (Å²) in [5.74, 6) is 0.566. The molecule has 1 aliphatic rings. The Morgan fingerprint density at radius 2 is 1.90 bits per heavy atom. The van der Waals surface area contributed by atoms with Crippen LogP contribution >= 0.6 is 11.8 Å². The number of nitrogens with zero attached hydrogens (tertiary/aromatic N) is 2. The van der Waals surface area contributed by atoms with E-state index in [4.69, 9.17) is 4.42 Å². The Morgan fingerprint density at radius 1 is 1.13 bits per heavy atom. The van der Waals surface area contributed by atoms with Gasteiger partial charge in [0, 0.05) is 42.6 Å². The van der Waals surface area contributed by atoms with E-state index in [2.05, 4.69) is 4.98 Å². The normalized spacial score (nSPS) is 15.4. The van der Waals surface area contributed by atoms with Gasteiger partial charge in [-0.15, -0.1) is 11.8 Å². The number of thioether (sulfide) groups is 1. The molecule has 4 rings (SSSR count). The number of sulfonamides is 1. The van der Waals surface area contributed by atoms with Crippen LogP contribution in [0.2, 0.25) is 0 Å². The van der Waals surface area contributed by atoms with Crippen LogP contribution in [0.4, 0.5) is 0 Å². The molecule has 2 aromatic heterocycles. The zero-order valence-corrected chi connectivity index (χ0v) is 18.8. The molecule has 3 aromatic rings. The molecule has 9 heteroatoms. The third kappa shape index (κ3) is 4.63. The zero-order chi connectivity index (χ0) is 22.0. The maximum Gasteiger partial charge on any atom is 0.336 e. The van der Waals surface area contributed by atoms with Gasteiger partial charge in [0.15, 0.2) is 0 Å². The first-order valence-corrected chi connectivity index (χ1v) is 12.7. The van der Waals surface area contributed by atoms with E-state index in [-0.39, 0.29) is 10.6 Å². The Kier molecular flexibility index (Phi) is 6.36. The number of aromatic hydroxyl groups is 1. The highest BCUT2D eigenvalue weighted by Gasteiger charge is 2.26. The first-order valence-electron chi connectivity index (χ1n) is 10.3. The maximum absolute atomic E-state index is 12.8. The standard InChI is InChI=1S/C22H24N2O5S2/c1-2-15-10-18-16(11-22(26)29-20(18)12-19(15)25)14-30-21-7-6-17(13-23-21)31(27,28)24-8-4-3-5-9-24/h6-7,10-13,25H,2-5,8-9,14H2,1H3. The Bertz CT molecular complexity index is 1250. The summed E-state index contributed by atoms with van der Waals surface area (Å²) in [6.45, 7) is 3.05. The molecule has 1 N–H and O–H groups in total. The lowest BCUT2D eigenvalue weighted by atomic mass is 10.1. The van der Waals surface area contributed by atoms with Crippen molar-refractivity contribution in [2.45, 2.75) is 48.3 Å². The van der Waals surface area contributed by atoms with Gasteiger partial charge in [-0.2, -0.15) is 4.31 Å². The third-order valence-corrected chi connectivity index (χ3v) is 8.32. The molecular weight excluding hydrogens is 436 g/mol. The number of pyridine rings is 1. The molecule has 0 atom stereocenters. The van der Waals surface area contributed by atoms with Gasteiger partial charge in [-0.1, -0.05) is 13.3 Å². The summed E-state index contributed by atoms with van der Waals surface area (Å²) in [5, 5.41) is 11.5. The second-order valence-corrected chi connectivity index (χ2v) is 10.4. The molecule has 0 bridgehead atoms. The first-order chi connectivity index (χ1) is 14.9. The van der Waals surface area contributed by atoms with Crippen LogP contribution in [0.5, 0.6) is 5.75 Å². The highest BCUT2D eigenvalue weighted by molar-refractivity contribution is 7.98. The van der Waals surface area contributed by atoms with Crippen molar-refractivity contribution < 1.29 is 17.9 Å². The lowest BCUT2D eigenvalue weighted by Gasteiger charge is -2.25. The Morgan fingerprint density at radius 3 is 2.58 bits per heavy atom. The monoisotopic (exact) mass is 460 g/mol. The molecule has 1 aliphatic heterocycles. The Hall–Kier alpha value is -2.36. The second kappa shape index (κ2) is 9.02. The van der Waals surface area contributed by atoms with Crippen molar-refractivity contribution in [1.29, 1.82) is 0 Å². The van der Waals surface area contributed by atoms with Crippen LogP contribution in [-0.2, 0) is 22.2 Å². The van der Waals surface area contributed by atoms with Crippen molar-refractivity contribution in [3.8, 4) is 5.75 Å². The van der Waals surface area contributed by atoms with E-state index in [1.165, 1.54) is 34.4 Å². The average molecular weight is 461 g/mol. The van der Waals surface area contributed by atoms with Gasteiger partial charge in [0.1, 0.15) is 16.2 Å². The van der Waals surface area contributed by atoms with Crippen LogP contribution in [0.15, 0.2) is 55.7 Å². The summed E-state index contributed by atoms with van der Waals surface area (Å²) in [4.78, 5) is 16.5. The summed E-state index contributed by atoms with van der Waals surface area (Å²) < 4.78 is 32.3. The molecule has 0 spiro atoms. The molecule has 0 unspecified atom stereocenters. The van der Waals surface area contributed by atoms with E-state index in [0.29, 0.717) is 35.9 Å². The molecule has 1 fully saturated rings. The summed E-state index contributed by atoms with van der Waals surface area (Å²) in [6.07, 6.45) is 4.89. The van der Waals surface area contributed by atoms with Gasteiger partial charge < -0.3 is 9.52 Å². The molecule has 7 nitrogen and oxygen atoms in total. The number of fused-ring (bicyclic) bond motifs is 1. The number of phenols is 1. The van der Waals surface area contributed by atoms with Crippen molar-refractivity contribution in [2.24, 2.45) is 0 Å². The molecule has 0 radical (unpaired) electrons.